The van der Waals surface area contributed by atoms with E-state index in [1.165, 1.54) is 0 Å². The van der Waals surface area contributed by atoms with E-state index in [1.54, 1.807) is 14.2 Å². The number of Topliss-reactive ketones (excluding diaryl/α,β-unsaturated/α-hetero) is 1. The maximum absolute atomic E-state index is 12.4. The van der Waals surface area contributed by atoms with Crippen molar-refractivity contribution < 1.29 is 26.9 Å². The van der Waals surface area contributed by atoms with E-state index in [-0.39, 0.29) is 18.8 Å². The van der Waals surface area contributed by atoms with Crippen LogP contribution in [-0.2, 0) is 31.9 Å². The summed E-state index contributed by atoms with van der Waals surface area (Å²) in [5.41, 5.74) is 1.95. The van der Waals surface area contributed by atoms with Gasteiger partial charge in [-0.25, -0.2) is 0 Å². The second kappa shape index (κ2) is 7.69. The molecule has 1 aliphatic carbocycles. The molecule has 0 fully saturated rings. The highest BCUT2D eigenvalue weighted by atomic mass is 32.2. The number of ether oxygens (including phenoxy) is 2. The van der Waals surface area contributed by atoms with Gasteiger partial charge in [0.05, 0.1) is 26.4 Å². The molecule has 0 amide bonds. The van der Waals surface area contributed by atoms with Gasteiger partial charge < -0.3 is 9.47 Å². The predicted octanol–water partition coefficient (Wildman–Crippen LogP) is 1.36. The average Bonchev–Trinajstić information content (AvgIpc) is 2.67. The van der Waals surface area contributed by atoms with Crippen molar-refractivity contribution in [3.8, 4) is 23.3 Å². The molecule has 0 radical (unpaired) electrons. The number of aryl methyl sites for hydroxylation is 1. The molecule has 1 unspecified atom stereocenters. The first-order chi connectivity index (χ1) is 11.3. The standard InChI is InChI=1S/C17H20O6S/c1-21-16-10-13-7-6-12(5-4-8-23-24(3,19)20)15(18)9-14(13)11-17(16)22-2/h10-12H,6-9H2,1-3H3. The van der Waals surface area contributed by atoms with Crippen LogP contribution in [0.25, 0.3) is 0 Å². The number of fused-ring (bicyclic) bond motifs is 1. The third kappa shape index (κ3) is 4.73. The summed E-state index contributed by atoms with van der Waals surface area (Å²) < 4.78 is 36.9. The van der Waals surface area contributed by atoms with Gasteiger partial charge in [0, 0.05) is 6.42 Å². The molecule has 0 saturated heterocycles. The van der Waals surface area contributed by atoms with Gasteiger partial charge >= 0.3 is 0 Å². The van der Waals surface area contributed by atoms with E-state index in [1.807, 2.05) is 12.1 Å². The summed E-state index contributed by atoms with van der Waals surface area (Å²) in [4.78, 5) is 12.4. The Kier molecular flexibility index (Phi) is 5.86. The van der Waals surface area contributed by atoms with E-state index in [9.17, 15) is 13.2 Å². The van der Waals surface area contributed by atoms with Gasteiger partial charge in [0.25, 0.3) is 10.1 Å². The minimum absolute atomic E-state index is 0.00725. The average molecular weight is 352 g/mol. The van der Waals surface area contributed by atoms with Crippen molar-refractivity contribution in [1.29, 1.82) is 0 Å². The third-order valence-electron chi connectivity index (χ3n) is 3.78. The van der Waals surface area contributed by atoms with Crippen LogP contribution in [0.1, 0.15) is 17.5 Å². The van der Waals surface area contributed by atoms with Gasteiger partial charge in [-0.05, 0) is 36.1 Å². The van der Waals surface area contributed by atoms with Crippen LogP contribution in [0.4, 0.5) is 0 Å². The molecule has 2 rings (SSSR count). The van der Waals surface area contributed by atoms with Gasteiger partial charge in [-0.3, -0.25) is 8.98 Å². The van der Waals surface area contributed by atoms with Crippen LogP contribution in [-0.4, -0.2) is 41.3 Å². The molecule has 130 valence electrons. The summed E-state index contributed by atoms with van der Waals surface area (Å²) in [7, 11) is -0.396. The van der Waals surface area contributed by atoms with Crippen molar-refractivity contribution in [3.63, 3.8) is 0 Å². The number of ketones is 1. The van der Waals surface area contributed by atoms with Gasteiger partial charge in [0.15, 0.2) is 17.3 Å². The fourth-order valence-corrected chi connectivity index (χ4v) is 2.86. The zero-order chi connectivity index (χ0) is 17.7. The summed E-state index contributed by atoms with van der Waals surface area (Å²) in [5.74, 6) is 6.25. The van der Waals surface area contributed by atoms with E-state index in [0.29, 0.717) is 24.3 Å². The molecular formula is C17H20O6S. The van der Waals surface area contributed by atoms with Crippen LogP contribution in [0.3, 0.4) is 0 Å². The van der Waals surface area contributed by atoms with Crippen molar-refractivity contribution in [2.75, 3.05) is 27.1 Å². The lowest BCUT2D eigenvalue weighted by Gasteiger charge is -2.12. The highest BCUT2D eigenvalue weighted by Gasteiger charge is 2.24. The Hall–Kier alpha value is -2.04. The van der Waals surface area contributed by atoms with Gasteiger partial charge in [-0.1, -0.05) is 11.8 Å². The van der Waals surface area contributed by atoms with Crippen molar-refractivity contribution in [2.45, 2.75) is 19.3 Å². The lowest BCUT2D eigenvalue weighted by molar-refractivity contribution is -0.120. The zero-order valence-electron chi connectivity index (χ0n) is 13.9. The van der Waals surface area contributed by atoms with Crippen LogP contribution < -0.4 is 9.47 Å². The number of hydrogen-bond donors (Lipinski definition) is 0. The Morgan fingerprint density at radius 3 is 2.38 bits per heavy atom. The molecule has 7 heteroatoms. The minimum Gasteiger partial charge on any atom is -0.493 e. The second-order valence-electron chi connectivity index (χ2n) is 5.50. The Bertz CT molecular complexity index is 785. The van der Waals surface area contributed by atoms with Crippen molar-refractivity contribution in [3.05, 3.63) is 23.3 Å². The number of hydrogen-bond acceptors (Lipinski definition) is 6. The van der Waals surface area contributed by atoms with E-state index >= 15 is 0 Å². The van der Waals surface area contributed by atoms with Crippen molar-refractivity contribution in [2.24, 2.45) is 5.92 Å². The largest absolute Gasteiger partial charge is 0.493 e. The number of carbonyl (C=O) groups is 1. The van der Waals surface area contributed by atoms with E-state index in [4.69, 9.17) is 9.47 Å². The molecule has 24 heavy (non-hydrogen) atoms. The number of rotatable bonds is 4. The Balaban J connectivity index is 2.15. The Labute approximate surface area is 142 Å². The molecule has 0 saturated carbocycles. The first-order valence-electron chi connectivity index (χ1n) is 7.43. The molecule has 0 aromatic heterocycles. The molecule has 0 bridgehead atoms. The summed E-state index contributed by atoms with van der Waals surface area (Å²) in [6.45, 7) is -0.239. The maximum atomic E-state index is 12.4. The van der Waals surface area contributed by atoms with Crippen LogP contribution in [0.15, 0.2) is 12.1 Å². The summed E-state index contributed by atoms with van der Waals surface area (Å²) in [6, 6.07) is 3.72. The first kappa shape index (κ1) is 18.3. The summed E-state index contributed by atoms with van der Waals surface area (Å²) >= 11 is 0. The van der Waals surface area contributed by atoms with Crippen LogP contribution in [0, 0.1) is 17.8 Å². The van der Waals surface area contributed by atoms with Gasteiger partial charge in [-0.2, -0.15) is 8.42 Å². The maximum Gasteiger partial charge on any atom is 0.265 e. The Morgan fingerprint density at radius 2 is 1.79 bits per heavy atom. The summed E-state index contributed by atoms with van der Waals surface area (Å²) in [6.07, 6.45) is 2.49. The van der Waals surface area contributed by atoms with Crippen LogP contribution in [0.5, 0.6) is 11.5 Å². The molecule has 6 nitrogen and oxygen atoms in total. The molecule has 0 aliphatic heterocycles. The topological polar surface area (TPSA) is 78.9 Å². The second-order valence-corrected chi connectivity index (χ2v) is 7.14. The zero-order valence-corrected chi connectivity index (χ0v) is 14.7. The smallest absolute Gasteiger partial charge is 0.265 e. The van der Waals surface area contributed by atoms with Crippen molar-refractivity contribution in [1.82, 2.24) is 0 Å². The Morgan fingerprint density at radius 1 is 1.17 bits per heavy atom. The fraction of sp³-hybridized carbons (Fsp3) is 0.471. The molecule has 0 spiro atoms. The van der Waals surface area contributed by atoms with Crippen molar-refractivity contribution >= 4 is 15.9 Å². The lowest BCUT2D eigenvalue weighted by atomic mass is 9.99. The monoisotopic (exact) mass is 352 g/mol. The molecular weight excluding hydrogens is 332 g/mol. The predicted molar refractivity (Wildman–Crippen MR) is 88.6 cm³/mol. The molecule has 1 atom stereocenters. The minimum atomic E-state index is -3.52. The normalized spacial score (nSPS) is 17.3. The lowest BCUT2D eigenvalue weighted by Crippen LogP contribution is -2.13. The van der Waals surface area contributed by atoms with Gasteiger partial charge in [-0.15, -0.1) is 0 Å². The fourth-order valence-electron chi connectivity index (χ4n) is 2.59. The van der Waals surface area contributed by atoms with E-state index in [2.05, 4.69) is 16.0 Å². The highest BCUT2D eigenvalue weighted by molar-refractivity contribution is 7.86. The van der Waals surface area contributed by atoms with Gasteiger partial charge in [0.2, 0.25) is 0 Å². The highest BCUT2D eigenvalue weighted by Crippen LogP contribution is 2.33. The first-order valence-corrected chi connectivity index (χ1v) is 9.25. The quantitative estimate of drug-likeness (QED) is 0.462. The van der Waals surface area contributed by atoms with E-state index in [0.717, 1.165) is 17.4 Å². The molecule has 0 heterocycles. The molecule has 1 aliphatic rings. The number of methoxy groups -OCH3 is 2. The van der Waals surface area contributed by atoms with E-state index < -0.39 is 16.0 Å². The molecule has 0 N–H and O–H groups in total. The number of carbonyl (C=O) groups excluding carboxylic acids is 1. The van der Waals surface area contributed by atoms with Crippen LogP contribution in [0.2, 0.25) is 0 Å². The van der Waals surface area contributed by atoms with Gasteiger partial charge in [0.1, 0.15) is 6.61 Å². The third-order valence-corrected chi connectivity index (χ3v) is 4.33. The molecule has 1 aromatic carbocycles. The molecule has 1 aromatic rings. The SMILES string of the molecule is COc1cc2c(cc1OC)CC(=O)C(C#CCOS(C)(=O)=O)CC2. The van der Waals surface area contributed by atoms with Crippen LogP contribution >= 0.6 is 0 Å². The number of benzene rings is 1. The summed E-state index contributed by atoms with van der Waals surface area (Å²) in [5, 5.41) is 0.